The van der Waals surface area contributed by atoms with Crippen LogP contribution in [0.3, 0.4) is 0 Å². The van der Waals surface area contributed by atoms with Gasteiger partial charge in [0.2, 0.25) is 5.91 Å². The lowest BCUT2D eigenvalue weighted by Crippen LogP contribution is -2.33. The van der Waals surface area contributed by atoms with Gasteiger partial charge in [-0.15, -0.1) is 0 Å². The van der Waals surface area contributed by atoms with Gasteiger partial charge in [-0.1, -0.05) is 0 Å². The van der Waals surface area contributed by atoms with Gasteiger partial charge in [-0.3, -0.25) is 9.59 Å². The molecule has 1 aromatic carbocycles. The van der Waals surface area contributed by atoms with Gasteiger partial charge in [0.25, 0.3) is 5.91 Å². The van der Waals surface area contributed by atoms with E-state index in [0.29, 0.717) is 54.0 Å². The van der Waals surface area contributed by atoms with Gasteiger partial charge < -0.3 is 24.1 Å². The average molecular weight is 457 g/mol. The Hall–Kier alpha value is -3.03. The summed E-state index contributed by atoms with van der Waals surface area (Å²) in [6.45, 7) is 9.37. The fourth-order valence-corrected chi connectivity index (χ4v) is 4.48. The molecule has 1 saturated heterocycles. The molecule has 4 rings (SSSR count). The molecule has 1 fully saturated rings. The maximum atomic E-state index is 12.4. The van der Waals surface area contributed by atoms with Crippen LogP contribution in [0.25, 0.3) is 11.0 Å². The van der Waals surface area contributed by atoms with Crippen LogP contribution in [-0.2, 0) is 16.0 Å². The number of fused-ring (bicyclic) bond motifs is 3. The summed E-state index contributed by atoms with van der Waals surface area (Å²) in [7, 11) is 0. The predicted octanol–water partition coefficient (Wildman–Crippen LogP) is 3.02. The van der Waals surface area contributed by atoms with E-state index in [1.807, 2.05) is 25.7 Å². The van der Waals surface area contributed by atoms with Crippen molar-refractivity contribution in [2.24, 2.45) is 0 Å². The highest BCUT2D eigenvalue weighted by molar-refractivity contribution is 5.92. The van der Waals surface area contributed by atoms with Crippen molar-refractivity contribution in [3.05, 3.63) is 33.2 Å². The molecule has 0 bridgehead atoms. The molecule has 1 N–H and O–H groups in total. The monoisotopic (exact) mass is 456 g/mol. The predicted molar refractivity (Wildman–Crippen MR) is 124 cm³/mol. The number of ether oxygens (including phenoxy) is 2. The number of hydrogen-bond acceptors (Lipinski definition) is 6. The summed E-state index contributed by atoms with van der Waals surface area (Å²) in [6.07, 6.45) is 3.76. The normalized spacial score (nSPS) is 17.1. The van der Waals surface area contributed by atoms with Crippen LogP contribution < -0.4 is 20.4 Å². The Bertz CT molecular complexity index is 1150. The molecule has 3 heterocycles. The Balaban J connectivity index is 1.48. The standard InChI is InChI=1S/C25H32N2O6/c1-15-16(2)24(30)32-23-17-8-9-25(3,4)33-18(17)13-19(22(15)23)31-14-20(28)26-10-6-12-27-11-5-7-21(27)29/h13H,5-12,14H2,1-4H3,(H,26,28). The molecule has 2 amide bonds. The second kappa shape index (κ2) is 9.08. The zero-order valence-corrected chi connectivity index (χ0v) is 19.8. The highest BCUT2D eigenvalue weighted by Gasteiger charge is 2.31. The quantitative estimate of drug-likeness (QED) is 0.508. The molecular weight excluding hydrogens is 424 g/mol. The van der Waals surface area contributed by atoms with Crippen LogP contribution in [-0.4, -0.2) is 48.6 Å². The fourth-order valence-electron chi connectivity index (χ4n) is 4.48. The molecule has 1 aromatic heterocycles. The molecule has 8 nitrogen and oxygen atoms in total. The summed E-state index contributed by atoms with van der Waals surface area (Å²) >= 11 is 0. The van der Waals surface area contributed by atoms with Gasteiger partial charge in [0.1, 0.15) is 22.7 Å². The summed E-state index contributed by atoms with van der Waals surface area (Å²) in [5.41, 5.74) is 1.91. The van der Waals surface area contributed by atoms with E-state index in [1.54, 1.807) is 13.0 Å². The van der Waals surface area contributed by atoms with Crippen molar-refractivity contribution in [3.63, 3.8) is 0 Å². The molecule has 2 aromatic rings. The van der Waals surface area contributed by atoms with Crippen LogP contribution in [0.4, 0.5) is 0 Å². The summed E-state index contributed by atoms with van der Waals surface area (Å²) in [5, 5.41) is 3.55. The number of hydrogen-bond donors (Lipinski definition) is 1. The second-order valence-corrected chi connectivity index (χ2v) is 9.53. The van der Waals surface area contributed by atoms with Gasteiger partial charge in [-0.05, 0) is 58.9 Å². The average Bonchev–Trinajstić information content (AvgIpc) is 3.17. The maximum absolute atomic E-state index is 12.4. The molecule has 33 heavy (non-hydrogen) atoms. The van der Waals surface area contributed by atoms with Gasteiger partial charge in [0, 0.05) is 43.2 Å². The van der Waals surface area contributed by atoms with Gasteiger partial charge in [-0.2, -0.15) is 0 Å². The summed E-state index contributed by atoms with van der Waals surface area (Å²) in [6, 6.07) is 1.80. The lowest BCUT2D eigenvalue weighted by Gasteiger charge is -2.33. The highest BCUT2D eigenvalue weighted by Crippen LogP contribution is 2.43. The zero-order chi connectivity index (χ0) is 23.8. The largest absolute Gasteiger partial charge is 0.487 e. The van der Waals surface area contributed by atoms with E-state index >= 15 is 0 Å². The number of nitrogens with zero attached hydrogens (tertiary/aromatic N) is 1. The lowest BCUT2D eigenvalue weighted by atomic mass is 9.92. The summed E-state index contributed by atoms with van der Waals surface area (Å²) < 4.78 is 17.7. The third-order valence-corrected chi connectivity index (χ3v) is 6.57. The molecule has 0 spiro atoms. The van der Waals surface area contributed by atoms with Gasteiger partial charge in [0.05, 0.1) is 5.39 Å². The van der Waals surface area contributed by atoms with Crippen molar-refractivity contribution in [1.82, 2.24) is 10.2 Å². The molecule has 178 valence electrons. The summed E-state index contributed by atoms with van der Waals surface area (Å²) in [4.78, 5) is 38.3. The van der Waals surface area contributed by atoms with Gasteiger partial charge in [-0.25, -0.2) is 4.79 Å². The zero-order valence-electron chi connectivity index (χ0n) is 19.8. The van der Waals surface area contributed by atoms with Crippen molar-refractivity contribution >= 4 is 22.8 Å². The Labute approximate surface area is 193 Å². The van der Waals surface area contributed by atoms with E-state index in [0.717, 1.165) is 36.9 Å². The molecule has 0 radical (unpaired) electrons. The molecule has 8 heteroatoms. The first kappa shape index (κ1) is 23.1. The number of amides is 2. The fraction of sp³-hybridized carbons (Fsp3) is 0.560. The number of carbonyl (C=O) groups is 2. The number of aryl methyl sites for hydroxylation is 2. The van der Waals surface area contributed by atoms with E-state index in [2.05, 4.69) is 5.32 Å². The third kappa shape index (κ3) is 4.84. The molecule has 0 unspecified atom stereocenters. The van der Waals surface area contributed by atoms with E-state index in [1.165, 1.54) is 0 Å². The van der Waals surface area contributed by atoms with E-state index in [4.69, 9.17) is 13.9 Å². The Morgan fingerprint density at radius 2 is 2.00 bits per heavy atom. The molecular formula is C25H32N2O6. The van der Waals surface area contributed by atoms with Crippen LogP contribution >= 0.6 is 0 Å². The van der Waals surface area contributed by atoms with Gasteiger partial charge >= 0.3 is 5.63 Å². The minimum absolute atomic E-state index is 0.169. The molecule has 0 saturated carbocycles. The maximum Gasteiger partial charge on any atom is 0.339 e. The summed E-state index contributed by atoms with van der Waals surface area (Å²) in [5.74, 6) is 1.02. The molecule has 0 atom stereocenters. The van der Waals surface area contributed by atoms with Crippen LogP contribution in [0.1, 0.15) is 56.2 Å². The first-order valence-electron chi connectivity index (χ1n) is 11.6. The number of benzene rings is 1. The number of carbonyl (C=O) groups excluding carboxylic acids is 2. The van der Waals surface area contributed by atoms with Crippen molar-refractivity contribution in [3.8, 4) is 11.5 Å². The number of nitrogens with one attached hydrogen (secondary N) is 1. The van der Waals surface area contributed by atoms with Gasteiger partial charge in [0.15, 0.2) is 6.61 Å². The van der Waals surface area contributed by atoms with E-state index < -0.39 is 0 Å². The second-order valence-electron chi connectivity index (χ2n) is 9.53. The van der Waals surface area contributed by atoms with Crippen molar-refractivity contribution in [2.75, 3.05) is 26.2 Å². The van der Waals surface area contributed by atoms with Crippen LogP contribution in [0.15, 0.2) is 15.3 Å². The topological polar surface area (TPSA) is 98.1 Å². The minimum Gasteiger partial charge on any atom is -0.487 e. The first-order chi connectivity index (χ1) is 15.7. The van der Waals surface area contributed by atoms with Crippen molar-refractivity contribution in [1.29, 1.82) is 0 Å². The van der Waals surface area contributed by atoms with Crippen LogP contribution in [0, 0.1) is 13.8 Å². The van der Waals surface area contributed by atoms with E-state index in [-0.39, 0.29) is 29.6 Å². The van der Waals surface area contributed by atoms with Crippen molar-refractivity contribution < 1.29 is 23.5 Å². The Morgan fingerprint density at radius 1 is 1.21 bits per heavy atom. The highest BCUT2D eigenvalue weighted by atomic mass is 16.5. The minimum atomic E-state index is -0.376. The molecule has 2 aliphatic rings. The van der Waals surface area contributed by atoms with Crippen LogP contribution in [0.2, 0.25) is 0 Å². The van der Waals surface area contributed by atoms with Crippen molar-refractivity contribution in [2.45, 2.75) is 65.4 Å². The van der Waals surface area contributed by atoms with E-state index in [9.17, 15) is 14.4 Å². The number of likely N-dealkylation sites (tertiary alicyclic amines) is 1. The smallest absolute Gasteiger partial charge is 0.339 e. The lowest BCUT2D eigenvalue weighted by molar-refractivity contribution is -0.127. The number of rotatable bonds is 7. The molecule has 0 aliphatic carbocycles. The third-order valence-electron chi connectivity index (χ3n) is 6.57. The Kier molecular flexibility index (Phi) is 6.36. The first-order valence-corrected chi connectivity index (χ1v) is 11.6. The SMILES string of the molecule is Cc1c(C)c2c(OCC(=O)NCCCN3CCCC3=O)cc3c(c2oc1=O)CCC(C)(C)O3. The Morgan fingerprint density at radius 3 is 2.73 bits per heavy atom. The molecule has 2 aliphatic heterocycles. The van der Waals surface area contributed by atoms with Crippen LogP contribution in [0.5, 0.6) is 11.5 Å².